The molecule has 0 bridgehead atoms. The monoisotopic (exact) mass is 298 g/mol. The quantitative estimate of drug-likeness (QED) is 0.931. The number of hydrogen-bond acceptors (Lipinski definition) is 2. The lowest BCUT2D eigenvalue weighted by Crippen LogP contribution is -2.01. The van der Waals surface area contributed by atoms with Crippen LogP contribution in [0.15, 0.2) is 36.4 Å². The molecule has 0 radical (unpaired) electrons. The van der Waals surface area contributed by atoms with Gasteiger partial charge in [0.1, 0.15) is 24.0 Å². The molecule has 2 rings (SSSR count). The lowest BCUT2D eigenvalue weighted by molar-refractivity contribution is 0.0695. The first-order valence-corrected chi connectivity index (χ1v) is 5.94. The average molecular weight is 299 g/mol. The van der Waals surface area contributed by atoms with Gasteiger partial charge in [-0.25, -0.2) is 13.6 Å². The van der Waals surface area contributed by atoms with Gasteiger partial charge in [-0.05, 0) is 30.3 Å². The van der Waals surface area contributed by atoms with E-state index in [0.717, 1.165) is 12.1 Å². The predicted octanol–water partition coefficient (Wildman–Crippen LogP) is 3.90. The largest absolute Gasteiger partial charge is 0.489 e. The summed E-state index contributed by atoms with van der Waals surface area (Å²) in [5, 5.41) is 9.11. The van der Waals surface area contributed by atoms with Gasteiger partial charge in [-0.1, -0.05) is 11.6 Å². The fourth-order valence-corrected chi connectivity index (χ4v) is 1.76. The predicted molar refractivity (Wildman–Crippen MR) is 69.1 cm³/mol. The van der Waals surface area contributed by atoms with E-state index in [2.05, 4.69) is 0 Å². The first-order valence-electron chi connectivity index (χ1n) is 5.56. The number of aromatic carboxylic acids is 1. The number of carboxylic acid groups (broad SMARTS) is 1. The van der Waals surface area contributed by atoms with Crippen molar-refractivity contribution >= 4 is 17.6 Å². The molecule has 104 valence electrons. The Labute approximate surface area is 118 Å². The summed E-state index contributed by atoms with van der Waals surface area (Å²) < 4.78 is 31.5. The number of carbonyl (C=O) groups is 1. The van der Waals surface area contributed by atoms with Gasteiger partial charge in [0, 0.05) is 16.7 Å². The summed E-state index contributed by atoms with van der Waals surface area (Å²) in [5.74, 6) is -2.44. The van der Waals surface area contributed by atoms with Gasteiger partial charge < -0.3 is 9.84 Å². The maximum absolute atomic E-state index is 13.2. The second kappa shape index (κ2) is 5.88. The Kier molecular flexibility index (Phi) is 4.20. The highest BCUT2D eigenvalue weighted by atomic mass is 35.5. The van der Waals surface area contributed by atoms with Crippen LogP contribution in [0.2, 0.25) is 5.02 Å². The van der Waals surface area contributed by atoms with Crippen LogP contribution in [0.3, 0.4) is 0 Å². The number of ether oxygens (including phenoxy) is 1. The highest BCUT2D eigenvalue weighted by molar-refractivity contribution is 6.31. The van der Waals surface area contributed by atoms with Crippen molar-refractivity contribution in [1.82, 2.24) is 0 Å². The standard InChI is InChI=1S/C14H9ClF2O3/c15-13-2-1-10(16)4-9(13)7-20-12-5-8(14(18)19)3-11(17)6-12/h1-6H,7H2,(H,18,19). The summed E-state index contributed by atoms with van der Waals surface area (Å²) in [6, 6.07) is 6.88. The Morgan fingerprint density at radius 1 is 1.15 bits per heavy atom. The number of halogens is 3. The molecule has 0 aliphatic carbocycles. The van der Waals surface area contributed by atoms with Gasteiger partial charge in [0.15, 0.2) is 0 Å². The number of carboxylic acids is 1. The smallest absolute Gasteiger partial charge is 0.335 e. The molecule has 0 atom stereocenters. The van der Waals surface area contributed by atoms with Crippen LogP contribution >= 0.6 is 11.6 Å². The summed E-state index contributed by atoms with van der Waals surface area (Å²) >= 11 is 5.86. The molecule has 0 amide bonds. The normalized spacial score (nSPS) is 10.3. The van der Waals surface area contributed by atoms with E-state index < -0.39 is 17.6 Å². The van der Waals surface area contributed by atoms with Gasteiger partial charge in [-0.3, -0.25) is 0 Å². The fourth-order valence-electron chi connectivity index (χ4n) is 1.58. The third kappa shape index (κ3) is 3.45. The Balaban J connectivity index is 2.18. The van der Waals surface area contributed by atoms with Crippen molar-refractivity contribution in [2.45, 2.75) is 6.61 Å². The second-order valence-corrected chi connectivity index (χ2v) is 4.41. The van der Waals surface area contributed by atoms with E-state index in [1.165, 1.54) is 24.3 Å². The SMILES string of the molecule is O=C(O)c1cc(F)cc(OCc2cc(F)ccc2Cl)c1. The van der Waals surface area contributed by atoms with Crippen LogP contribution in [-0.2, 0) is 6.61 Å². The Hall–Kier alpha value is -2.14. The number of rotatable bonds is 4. The molecule has 0 spiro atoms. The third-order valence-corrected chi connectivity index (χ3v) is 2.89. The molecule has 0 aromatic heterocycles. The number of hydrogen-bond donors (Lipinski definition) is 1. The van der Waals surface area contributed by atoms with Crippen LogP contribution in [0.4, 0.5) is 8.78 Å². The summed E-state index contributed by atoms with van der Waals surface area (Å²) in [7, 11) is 0. The zero-order chi connectivity index (χ0) is 14.7. The van der Waals surface area contributed by atoms with Gasteiger partial charge >= 0.3 is 5.97 Å². The van der Waals surface area contributed by atoms with Crippen molar-refractivity contribution in [2.75, 3.05) is 0 Å². The molecule has 0 heterocycles. The molecule has 1 N–H and O–H groups in total. The third-order valence-electron chi connectivity index (χ3n) is 2.52. The first kappa shape index (κ1) is 14.3. The summed E-state index contributed by atoms with van der Waals surface area (Å²) in [6.07, 6.45) is 0. The zero-order valence-corrected chi connectivity index (χ0v) is 10.8. The maximum Gasteiger partial charge on any atom is 0.335 e. The Morgan fingerprint density at radius 2 is 1.90 bits per heavy atom. The van der Waals surface area contributed by atoms with Crippen molar-refractivity contribution in [3.8, 4) is 5.75 Å². The molecular weight excluding hydrogens is 290 g/mol. The van der Waals surface area contributed by atoms with Crippen molar-refractivity contribution in [3.63, 3.8) is 0 Å². The van der Waals surface area contributed by atoms with Crippen molar-refractivity contribution in [1.29, 1.82) is 0 Å². The molecule has 0 fully saturated rings. The van der Waals surface area contributed by atoms with Crippen LogP contribution < -0.4 is 4.74 Å². The molecule has 0 unspecified atom stereocenters. The highest BCUT2D eigenvalue weighted by Gasteiger charge is 2.09. The summed E-state index contributed by atoms with van der Waals surface area (Å²) in [6.45, 7) is -0.0981. The summed E-state index contributed by atoms with van der Waals surface area (Å²) in [4.78, 5) is 10.8. The molecular formula is C14H9ClF2O3. The molecule has 2 aromatic carbocycles. The second-order valence-electron chi connectivity index (χ2n) is 4.01. The first-order chi connectivity index (χ1) is 9.45. The fraction of sp³-hybridized carbons (Fsp3) is 0.0714. The van der Waals surface area contributed by atoms with E-state index in [1.807, 2.05) is 0 Å². The van der Waals surface area contributed by atoms with Crippen LogP contribution in [0.5, 0.6) is 5.75 Å². The molecule has 0 saturated carbocycles. The van der Waals surface area contributed by atoms with Crippen LogP contribution in [0.25, 0.3) is 0 Å². The zero-order valence-electron chi connectivity index (χ0n) is 10.1. The van der Waals surface area contributed by atoms with Gasteiger partial charge in [-0.2, -0.15) is 0 Å². The molecule has 3 nitrogen and oxygen atoms in total. The van der Waals surface area contributed by atoms with Crippen molar-refractivity contribution < 1.29 is 23.4 Å². The maximum atomic E-state index is 13.2. The molecule has 0 aliphatic heterocycles. The summed E-state index contributed by atoms with van der Waals surface area (Å²) in [5.41, 5.74) is 0.151. The van der Waals surface area contributed by atoms with E-state index in [9.17, 15) is 13.6 Å². The minimum Gasteiger partial charge on any atom is -0.489 e. The van der Waals surface area contributed by atoms with E-state index in [-0.39, 0.29) is 17.9 Å². The van der Waals surface area contributed by atoms with Crippen molar-refractivity contribution in [3.05, 3.63) is 64.2 Å². The van der Waals surface area contributed by atoms with Gasteiger partial charge in [-0.15, -0.1) is 0 Å². The molecule has 6 heteroatoms. The van der Waals surface area contributed by atoms with Gasteiger partial charge in [0.05, 0.1) is 5.56 Å². The molecule has 20 heavy (non-hydrogen) atoms. The molecule has 2 aromatic rings. The van der Waals surface area contributed by atoms with Gasteiger partial charge in [0.2, 0.25) is 0 Å². The molecule has 0 aliphatic rings. The molecule has 0 saturated heterocycles. The van der Waals surface area contributed by atoms with Crippen LogP contribution in [0.1, 0.15) is 15.9 Å². The lowest BCUT2D eigenvalue weighted by atomic mass is 10.2. The Bertz CT molecular complexity index is 659. The minimum absolute atomic E-state index is 0.0303. The van der Waals surface area contributed by atoms with Gasteiger partial charge in [0.25, 0.3) is 0 Å². The van der Waals surface area contributed by atoms with E-state index in [1.54, 1.807) is 0 Å². The topological polar surface area (TPSA) is 46.5 Å². The van der Waals surface area contributed by atoms with E-state index >= 15 is 0 Å². The van der Waals surface area contributed by atoms with Crippen molar-refractivity contribution in [2.24, 2.45) is 0 Å². The average Bonchev–Trinajstić information content (AvgIpc) is 2.39. The number of benzene rings is 2. The van der Waals surface area contributed by atoms with Crippen LogP contribution in [0, 0.1) is 11.6 Å². The lowest BCUT2D eigenvalue weighted by Gasteiger charge is -2.09. The van der Waals surface area contributed by atoms with E-state index in [0.29, 0.717) is 10.6 Å². The van der Waals surface area contributed by atoms with Crippen LogP contribution in [-0.4, -0.2) is 11.1 Å². The Morgan fingerprint density at radius 3 is 2.60 bits per heavy atom. The highest BCUT2D eigenvalue weighted by Crippen LogP contribution is 2.21. The minimum atomic E-state index is -1.27. The van der Waals surface area contributed by atoms with E-state index in [4.69, 9.17) is 21.4 Å².